The summed E-state index contributed by atoms with van der Waals surface area (Å²) in [5.41, 5.74) is 0.299. The Labute approximate surface area is 142 Å². The molecule has 1 saturated heterocycles. The monoisotopic (exact) mass is 340 g/mol. The third kappa shape index (κ3) is 4.44. The predicted octanol–water partition coefficient (Wildman–Crippen LogP) is 1.77. The molecule has 1 fully saturated rings. The van der Waals surface area contributed by atoms with Crippen LogP contribution < -0.4 is 0 Å². The van der Waals surface area contributed by atoms with Crippen LogP contribution in [0.15, 0.2) is 24.3 Å². The molecule has 0 bridgehead atoms. The highest BCUT2D eigenvalue weighted by atomic mass is 35.5. The van der Waals surface area contributed by atoms with E-state index in [1.807, 2.05) is 50.1 Å². The fraction of sp³-hybridized carbons (Fsp3) is 0.588. The van der Waals surface area contributed by atoms with Crippen molar-refractivity contribution in [3.63, 3.8) is 0 Å². The van der Waals surface area contributed by atoms with E-state index in [1.54, 1.807) is 4.90 Å². The van der Waals surface area contributed by atoms with Crippen LogP contribution in [0.3, 0.4) is 0 Å². The molecule has 0 aliphatic carbocycles. The second-order valence-corrected chi connectivity index (χ2v) is 6.90. The highest BCUT2D eigenvalue weighted by Gasteiger charge is 2.40. The number of β-amino-alcohol motifs (C(OH)–C–C–N with tert-alkyl or cyclic N) is 1. The van der Waals surface area contributed by atoms with Crippen molar-refractivity contribution in [1.82, 2.24) is 9.80 Å². The molecule has 0 aromatic heterocycles. The van der Waals surface area contributed by atoms with E-state index in [0.29, 0.717) is 24.7 Å². The third-order valence-electron chi connectivity index (χ3n) is 4.32. The van der Waals surface area contributed by atoms with Crippen LogP contribution >= 0.6 is 11.6 Å². The molecular formula is C17H25ClN2O3. The lowest BCUT2D eigenvalue weighted by molar-refractivity contribution is -0.148. The number of carbonyl (C=O) groups is 1. The van der Waals surface area contributed by atoms with Crippen molar-refractivity contribution < 1.29 is 14.6 Å². The highest BCUT2D eigenvalue weighted by molar-refractivity contribution is 6.31. The van der Waals surface area contributed by atoms with E-state index in [4.69, 9.17) is 16.3 Å². The topological polar surface area (TPSA) is 53.0 Å². The summed E-state index contributed by atoms with van der Waals surface area (Å²) in [5.74, 6) is 0.0768. The van der Waals surface area contributed by atoms with Crippen molar-refractivity contribution >= 4 is 17.5 Å². The molecular weight excluding hydrogens is 316 g/mol. The summed E-state index contributed by atoms with van der Waals surface area (Å²) in [6, 6.07) is 7.48. The summed E-state index contributed by atoms with van der Waals surface area (Å²) in [7, 11) is 1.81. The number of hydrogen-bond donors (Lipinski definition) is 1. The van der Waals surface area contributed by atoms with Crippen LogP contribution in [0.1, 0.15) is 19.4 Å². The lowest BCUT2D eigenvalue weighted by atomic mass is 9.97. The van der Waals surface area contributed by atoms with E-state index < -0.39 is 11.6 Å². The van der Waals surface area contributed by atoms with Crippen LogP contribution in [-0.2, 0) is 16.1 Å². The van der Waals surface area contributed by atoms with Crippen LogP contribution in [0, 0.1) is 0 Å². The maximum absolute atomic E-state index is 12.2. The largest absolute Gasteiger partial charge is 0.389 e. The van der Waals surface area contributed by atoms with Gasteiger partial charge >= 0.3 is 0 Å². The van der Waals surface area contributed by atoms with E-state index >= 15 is 0 Å². The maximum atomic E-state index is 12.2. The fourth-order valence-electron chi connectivity index (χ4n) is 2.80. The molecule has 0 spiro atoms. The molecule has 1 aliphatic heterocycles. The zero-order chi connectivity index (χ0) is 17.0. The molecule has 1 aliphatic rings. The number of benzene rings is 1. The zero-order valence-electron chi connectivity index (χ0n) is 14.0. The Hall–Kier alpha value is -1.14. The van der Waals surface area contributed by atoms with Crippen molar-refractivity contribution in [2.75, 3.05) is 33.3 Å². The summed E-state index contributed by atoms with van der Waals surface area (Å²) in [4.78, 5) is 16.0. The standard InChI is InChI=1S/C17H25ClN2O3/c1-17(2)16(22)19(3)8-9-20(17)10-14(21)12-23-11-13-6-4-5-7-15(13)18/h4-7,14,21H,8-12H2,1-3H3. The molecule has 0 radical (unpaired) electrons. The summed E-state index contributed by atoms with van der Waals surface area (Å²) in [6.45, 7) is 6.19. The minimum atomic E-state index is -0.645. The van der Waals surface area contributed by atoms with Gasteiger partial charge in [0.25, 0.3) is 0 Å². The Kier molecular flexibility index (Phi) is 6.03. The molecule has 1 unspecified atom stereocenters. The summed E-state index contributed by atoms with van der Waals surface area (Å²) < 4.78 is 5.56. The molecule has 23 heavy (non-hydrogen) atoms. The zero-order valence-corrected chi connectivity index (χ0v) is 14.7. The Morgan fingerprint density at radius 1 is 1.35 bits per heavy atom. The van der Waals surface area contributed by atoms with E-state index in [9.17, 15) is 9.90 Å². The lowest BCUT2D eigenvalue weighted by Gasteiger charge is -2.45. The number of nitrogens with zero attached hydrogens (tertiary/aromatic N) is 2. The molecule has 1 heterocycles. The van der Waals surface area contributed by atoms with Gasteiger partial charge in [0, 0.05) is 31.7 Å². The number of amides is 1. The smallest absolute Gasteiger partial charge is 0.242 e. The molecule has 1 aromatic carbocycles. The first-order valence-electron chi connectivity index (χ1n) is 7.82. The number of aliphatic hydroxyl groups excluding tert-OH is 1. The first-order chi connectivity index (χ1) is 10.8. The number of carbonyl (C=O) groups excluding carboxylic acids is 1. The first-order valence-corrected chi connectivity index (χ1v) is 8.20. The number of aliphatic hydroxyl groups is 1. The molecule has 1 atom stereocenters. The number of likely N-dealkylation sites (N-methyl/N-ethyl adjacent to an activating group) is 1. The first kappa shape index (κ1) is 18.2. The lowest BCUT2D eigenvalue weighted by Crippen LogP contribution is -2.63. The number of piperazine rings is 1. The number of hydrogen-bond acceptors (Lipinski definition) is 4. The Balaban J connectivity index is 1.82. The van der Waals surface area contributed by atoms with E-state index in [2.05, 4.69) is 0 Å². The molecule has 1 N–H and O–H groups in total. The minimum Gasteiger partial charge on any atom is -0.389 e. The predicted molar refractivity (Wildman–Crippen MR) is 90.4 cm³/mol. The molecule has 1 amide bonds. The van der Waals surface area contributed by atoms with Gasteiger partial charge < -0.3 is 14.7 Å². The van der Waals surface area contributed by atoms with Gasteiger partial charge in [-0.3, -0.25) is 9.69 Å². The van der Waals surface area contributed by atoms with Gasteiger partial charge in [0.1, 0.15) is 0 Å². The second kappa shape index (κ2) is 7.62. The normalized spacial score (nSPS) is 19.9. The number of ether oxygens (including phenoxy) is 1. The van der Waals surface area contributed by atoms with Crippen LogP contribution in [0.5, 0.6) is 0 Å². The molecule has 128 valence electrons. The summed E-state index contributed by atoms with van der Waals surface area (Å²) >= 11 is 6.07. The molecule has 6 heteroatoms. The van der Waals surface area contributed by atoms with Gasteiger partial charge in [-0.1, -0.05) is 29.8 Å². The summed E-state index contributed by atoms with van der Waals surface area (Å²) in [6.07, 6.45) is -0.645. The van der Waals surface area contributed by atoms with Crippen molar-refractivity contribution in [1.29, 1.82) is 0 Å². The van der Waals surface area contributed by atoms with Gasteiger partial charge in [0.15, 0.2) is 0 Å². The van der Waals surface area contributed by atoms with Crippen molar-refractivity contribution in [2.45, 2.75) is 32.1 Å². The fourth-order valence-corrected chi connectivity index (χ4v) is 2.99. The van der Waals surface area contributed by atoms with Gasteiger partial charge in [-0.05, 0) is 25.5 Å². The average molecular weight is 341 g/mol. The second-order valence-electron chi connectivity index (χ2n) is 6.49. The van der Waals surface area contributed by atoms with E-state index in [1.165, 1.54) is 0 Å². The SMILES string of the molecule is CN1CCN(CC(O)COCc2ccccc2Cl)C(C)(C)C1=O. The molecule has 2 rings (SSSR count). The van der Waals surface area contributed by atoms with Gasteiger partial charge in [-0.25, -0.2) is 0 Å². The maximum Gasteiger partial charge on any atom is 0.242 e. The van der Waals surface area contributed by atoms with Crippen LogP contribution in [0.4, 0.5) is 0 Å². The Morgan fingerprint density at radius 3 is 2.74 bits per heavy atom. The van der Waals surface area contributed by atoms with Gasteiger partial charge in [0.05, 0.1) is 24.9 Å². The van der Waals surface area contributed by atoms with E-state index in [0.717, 1.165) is 12.1 Å². The Morgan fingerprint density at radius 2 is 2.04 bits per heavy atom. The third-order valence-corrected chi connectivity index (χ3v) is 4.69. The van der Waals surface area contributed by atoms with Gasteiger partial charge in [-0.2, -0.15) is 0 Å². The number of rotatable bonds is 6. The van der Waals surface area contributed by atoms with Crippen LogP contribution in [0.25, 0.3) is 0 Å². The van der Waals surface area contributed by atoms with Gasteiger partial charge in [-0.15, -0.1) is 0 Å². The van der Waals surface area contributed by atoms with Crippen molar-refractivity contribution in [3.8, 4) is 0 Å². The minimum absolute atomic E-state index is 0.0768. The van der Waals surface area contributed by atoms with Crippen LogP contribution in [0.2, 0.25) is 5.02 Å². The average Bonchev–Trinajstić information content (AvgIpc) is 2.50. The van der Waals surface area contributed by atoms with Crippen LogP contribution in [-0.4, -0.2) is 65.7 Å². The highest BCUT2D eigenvalue weighted by Crippen LogP contribution is 2.22. The quantitative estimate of drug-likeness (QED) is 0.857. The Bertz CT molecular complexity index is 550. The molecule has 1 aromatic rings. The van der Waals surface area contributed by atoms with E-state index in [-0.39, 0.29) is 12.5 Å². The molecule has 0 saturated carbocycles. The summed E-state index contributed by atoms with van der Waals surface area (Å²) in [5, 5.41) is 10.9. The molecule has 5 nitrogen and oxygen atoms in total. The number of halogens is 1. The van der Waals surface area contributed by atoms with Gasteiger partial charge in [0.2, 0.25) is 5.91 Å². The van der Waals surface area contributed by atoms with Crippen molar-refractivity contribution in [2.24, 2.45) is 0 Å². The van der Waals surface area contributed by atoms with Crippen molar-refractivity contribution in [3.05, 3.63) is 34.9 Å².